The number of alkyl halides is 3. The van der Waals surface area contributed by atoms with Crippen LogP contribution in [0.3, 0.4) is 0 Å². The molecule has 0 aliphatic carbocycles. The highest BCUT2D eigenvalue weighted by atomic mass is 19.4. The van der Waals surface area contributed by atoms with Gasteiger partial charge >= 0.3 is 6.18 Å². The van der Waals surface area contributed by atoms with Crippen molar-refractivity contribution in [3.8, 4) is 0 Å². The zero-order valence-corrected chi connectivity index (χ0v) is 15.0. The largest absolute Gasteiger partial charge is 0.418 e. The fraction of sp³-hybridized carbons (Fsp3) is 0.368. The van der Waals surface area contributed by atoms with E-state index in [-0.39, 0.29) is 17.3 Å². The van der Waals surface area contributed by atoms with Crippen molar-refractivity contribution in [2.75, 3.05) is 38.0 Å². The van der Waals surface area contributed by atoms with E-state index in [9.17, 15) is 18.0 Å². The predicted octanol–water partition coefficient (Wildman–Crippen LogP) is 3.62. The molecule has 1 aliphatic rings. The standard InChI is InChI=1S/C19H21F3N4O/c1-2-25-9-11-26(12-10-25)18(27)17-13-14(7-8-23-17)24-16-6-4-3-5-15(16)19(20,21)22/h3-8,13H,2,9-12H2,1H3,(H,23,24). The quantitative estimate of drug-likeness (QED) is 0.883. The van der Waals surface area contributed by atoms with Gasteiger partial charge in [-0.3, -0.25) is 9.78 Å². The molecule has 1 aromatic heterocycles. The molecule has 1 fully saturated rings. The van der Waals surface area contributed by atoms with Gasteiger partial charge in [-0.1, -0.05) is 19.1 Å². The molecule has 5 nitrogen and oxygen atoms in total. The molecule has 0 radical (unpaired) electrons. The smallest absolute Gasteiger partial charge is 0.355 e. The van der Waals surface area contributed by atoms with Crippen LogP contribution in [0.4, 0.5) is 24.5 Å². The number of likely N-dealkylation sites (N-methyl/N-ethyl adjacent to an activating group) is 1. The Hall–Kier alpha value is -2.61. The van der Waals surface area contributed by atoms with E-state index in [1.807, 2.05) is 0 Å². The summed E-state index contributed by atoms with van der Waals surface area (Å²) in [7, 11) is 0. The predicted molar refractivity (Wildman–Crippen MR) is 97.0 cm³/mol. The van der Waals surface area contributed by atoms with Crippen molar-refractivity contribution >= 4 is 17.3 Å². The second-order valence-electron chi connectivity index (χ2n) is 6.32. The van der Waals surface area contributed by atoms with E-state index in [0.29, 0.717) is 18.8 Å². The van der Waals surface area contributed by atoms with Crippen LogP contribution in [0.2, 0.25) is 0 Å². The number of hydrogen-bond donors (Lipinski definition) is 1. The number of pyridine rings is 1. The monoisotopic (exact) mass is 378 g/mol. The van der Waals surface area contributed by atoms with Crippen LogP contribution in [0.15, 0.2) is 42.6 Å². The molecule has 0 spiro atoms. The Kier molecular flexibility index (Phi) is 5.65. The molecule has 2 aromatic rings. The molecule has 2 heterocycles. The number of benzene rings is 1. The molecule has 1 saturated heterocycles. The van der Waals surface area contributed by atoms with Crippen molar-refractivity contribution in [1.29, 1.82) is 0 Å². The SMILES string of the molecule is CCN1CCN(C(=O)c2cc(Nc3ccccc3C(F)(F)F)ccn2)CC1. The summed E-state index contributed by atoms with van der Waals surface area (Å²) in [6.45, 7) is 5.86. The second kappa shape index (κ2) is 7.96. The maximum atomic E-state index is 13.1. The van der Waals surface area contributed by atoms with Gasteiger partial charge in [0.25, 0.3) is 5.91 Å². The van der Waals surface area contributed by atoms with E-state index in [0.717, 1.165) is 25.7 Å². The number of carbonyl (C=O) groups is 1. The zero-order valence-electron chi connectivity index (χ0n) is 15.0. The van der Waals surface area contributed by atoms with Crippen LogP contribution >= 0.6 is 0 Å². The van der Waals surface area contributed by atoms with Crippen LogP contribution in [-0.4, -0.2) is 53.4 Å². The van der Waals surface area contributed by atoms with Crippen LogP contribution in [0.5, 0.6) is 0 Å². The summed E-state index contributed by atoms with van der Waals surface area (Å²) in [5, 5.41) is 2.75. The van der Waals surface area contributed by atoms with Crippen molar-refractivity contribution in [3.05, 3.63) is 53.9 Å². The molecule has 1 aliphatic heterocycles. The molecule has 0 saturated carbocycles. The van der Waals surface area contributed by atoms with Crippen LogP contribution in [0, 0.1) is 0 Å². The number of para-hydroxylation sites is 1. The lowest BCUT2D eigenvalue weighted by Crippen LogP contribution is -2.48. The van der Waals surface area contributed by atoms with E-state index < -0.39 is 11.7 Å². The van der Waals surface area contributed by atoms with Crippen LogP contribution in [0.1, 0.15) is 23.0 Å². The average molecular weight is 378 g/mol. The van der Waals surface area contributed by atoms with Crippen LogP contribution < -0.4 is 5.32 Å². The first-order valence-electron chi connectivity index (χ1n) is 8.79. The zero-order chi connectivity index (χ0) is 19.4. The fourth-order valence-corrected chi connectivity index (χ4v) is 3.05. The van der Waals surface area contributed by atoms with Gasteiger partial charge in [0.15, 0.2) is 0 Å². The Morgan fingerprint density at radius 2 is 1.85 bits per heavy atom. The van der Waals surface area contributed by atoms with Crippen molar-refractivity contribution in [2.45, 2.75) is 13.1 Å². The van der Waals surface area contributed by atoms with Gasteiger partial charge in [0.1, 0.15) is 5.69 Å². The van der Waals surface area contributed by atoms with Gasteiger partial charge in [-0.25, -0.2) is 0 Å². The maximum absolute atomic E-state index is 13.1. The summed E-state index contributed by atoms with van der Waals surface area (Å²) in [5.41, 5.74) is -0.219. The van der Waals surface area contributed by atoms with E-state index in [1.165, 1.54) is 30.5 Å². The number of hydrogen-bond acceptors (Lipinski definition) is 4. The Labute approximate surface area is 155 Å². The van der Waals surface area contributed by atoms with Gasteiger partial charge < -0.3 is 15.1 Å². The highest BCUT2D eigenvalue weighted by molar-refractivity contribution is 5.93. The van der Waals surface area contributed by atoms with Gasteiger partial charge in [-0.15, -0.1) is 0 Å². The van der Waals surface area contributed by atoms with Crippen molar-refractivity contribution in [2.24, 2.45) is 0 Å². The number of nitrogens with zero attached hydrogens (tertiary/aromatic N) is 3. The van der Waals surface area contributed by atoms with Gasteiger partial charge in [-0.2, -0.15) is 13.2 Å². The van der Waals surface area contributed by atoms with Gasteiger partial charge in [0.05, 0.1) is 11.3 Å². The number of halogens is 3. The fourth-order valence-electron chi connectivity index (χ4n) is 3.05. The summed E-state index contributed by atoms with van der Waals surface area (Å²) < 4.78 is 39.4. The van der Waals surface area contributed by atoms with Crippen LogP contribution in [0.25, 0.3) is 0 Å². The summed E-state index contributed by atoms with van der Waals surface area (Å²) in [5.74, 6) is -0.210. The molecule has 0 bridgehead atoms. The Bertz CT molecular complexity index is 802. The number of piperazine rings is 1. The lowest BCUT2D eigenvalue weighted by Gasteiger charge is -2.33. The van der Waals surface area contributed by atoms with E-state index >= 15 is 0 Å². The Balaban J connectivity index is 1.76. The molecule has 1 amide bonds. The number of anilines is 2. The second-order valence-corrected chi connectivity index (χ2v) is 6.32. The molecule has 0 atom stereocenters. The third kappa shape index (κ3) is 4.57. The van der Waals surface area contributed by atoms with Gasteiger partial charge in [-0.05, 0) is 30.8 Å². The van der Waals surface area contributed by atoms with Crippen molar-refractivity contribution in [3.63, 3.8) is 0 Å². The highest BCUT2D eigenvalue weighted by Gasteiger charge is 2.33. The van der Waals surface area contributed by atoms with E-state index in [2.05, 4.69) is 22.1 Å². The Morgan fingerprint density at radius 3 is 2.52 bits per heavy atom. The first kappa shape index (κ1) is 19.2. The third-order valence-corrected chi connectivity index (χ3v) is 4.60. The van der Waals surface area contributed by atoms with Gasteiger partial charge in [0, 0.05) is 38.1 Å². The molecule has 8 heteroatoms. The van der Waals surface area contributed by atoms with E-state index in [1.54, 1.807) is 11.0 Å². The molecule has 0 unspecified atom stereocenters. The van der Waals surface area contributed by atoms with Crippen LogP contribution in [-0.2, 0) is 6.18 Å². The minimum atomic E-state index is -4.46. The van der Waals surface area contributed by atoms with Gasteiger partial charge in [0.2, 0.25) is 0 Å². The average Bonchev–Trinajstić information content (AvgIpc) is 2.67. The lowest BCUT2D eigenvalue weighted by atomic mass is 10.1. The molecular weight excluding hydrogens is 357 g/mol. The van der Waals surface area contributed by atoms with E-state index in [4.69, 9.17) is 0 Å². The number of rotatable bonds is 4. The van der Waals surface area contributed by atoms with Crippen molar-refractivity contribution in [1.82, 2.24) is 14.8 Å². The minimum absolute atomic E-state index is 0.0637. The first-order valence-corrected chi connectivity index (χ1v) is 8.79. The number of amides is 1. The minimum Gasteiger partial charge on any atom is -0.355 e. The topological polar surface area (TPSA) is 48.5 Å². The molecule has 1 N–H and O–H groups in total. The maximum Gasteiger partial charge on any atom is 0.418 e. The normalized spacial score (nSPS) is 15.6. The molecule has 144 valence electrons. The third-order valence-electron chi connectivity index (χ3n) is 4.60. The summed E-state index contributed by atoms with van der Waals surface area (Å²) in [6.07, 6.45) is -3.04. The first-order chi connectivity index (χ1) is 12.9. The highest BCUT2D eigenvalue weighted by Crippen LogP contribution is 2.35. The molecule has 1 aromatic carbocycles. The summed E-state index contributed by atoms with van der Waals surface area (Å²) >= 11 is 0. The number of carbonyl (C=O) groups excluding carboxylic acids is 1. The summed E-state index contributed by atoms with van der Waals surface area (Å²) in [4.78, 5) is 20.7. The molecular formula is C19H21F3N4O. The lowest BCUT2D eigenvalue weighted by molar-refractivity contribution is -0.136. The Morgan fingerprint density at radius 1 is 1.15 bits per heavy atom. The van der Waals surface area contributed by atoms with Crippen molar-refractivity contribution < 1.29 is 18.0 Å². The molecule has 3 rings (SSSR count). The number of aromatic nitrogens is 1. The number of nitrogens with one attached hydrogen (secondary N) is 1. The summed E-state index contributed by atoms with van der Waals surface area (Å²) in [6, 6.07) is 8.27. The molecule has 27 heavy (non-hydrogen) atoms.